The smallest absolute Gasteiger partial charge is 0.493 e. The molecule has 5 rings (SSSR count). The molecule has 0 spiro atoms. The summed E-state index contributed by atoms with van der Waals surface area (Å²) in [5, 5.41) is 0. The third-order valence-corrected chi connectivity index (χ3v) is 13.6. The molecule has 0 atom stereocenters. The number of carbonyl (C=O) groups is 1. The van der Waals surface area contributed by atoms with Crippen molar-refractivity contribution in [2.24, 2.45) is 21.7 Å². The van der Waals surface area contributed by atoms with Crippen molar-refractivity contribution in [3.05, 3.63) is 119 Å². The molecule has 0 N–H and O–H groups in total. The molecule has 1 aliphatic rings. The summed E-state index contributed by atoms with van der Waals surface area (Å²) in [7, 11) is -0.542. The van der Waals surface area contributed by atoms with Crippen LogP contribution >= 0.6 is 0 Å². The zero-order valence-corrected chi connectivity index (χ0v) is 45.6. The van der Waals surface area contributed by atoms with E-state index in [1.807, 2.05) is 76.2 Å². The Balaban J connectivity index is 1.46. The van der Waals surface area contributed by atoms with Gasteiger partial charge in [0.25, 0.3) is 0 Å². The predicted molar refractivity (Wildman–Crippen MR) is 282 cm³/mol. The number of rotatable bonds is 19. The van der Waals surface area contributed by atoms with E-state index in [2.05, 4.69) is 140 Å². The largest absolute Gasteiger partial charge is 0.494 e. The number of hydrogen-bond donors (Lipinski definition) is 0. The second kappa shape index (κ2) is 20.2. The fourth-order valence-corrected chi connectivity index (χ4v) is 10.3. The summed E-state index contributed by atoms with van der Waals surface area (Å²) in [4.78, 5) is 14.0. The molecule has 4 aromatic carbocycles. The number of hydrogen-bond acceptors (Lipinski definition) is 7. The average Bonchev–Trinajstić information content (AvgIpc) is 3.43. The Kier molecular flexibility index (Phi) is 16.3. The third-order valence-electron chi connectivity index (χ3n) is 13.6. The lowest BCUT2D eigenvalue weighted by Gasteiger charge is -2.34. The number of esters is 1. The van der Waals surface area contributed by atoms with Crippen molar-refractivity contribution in [3.8, 4) is 17.2 Å². The normalized spacial score (nSPS) is 15.8. The molecule has 0 amide bonds. The van der Waals surface area contributed by atoms with E-state index in [1.54, 1.807) is 12.1 Å². The van der Waals surface area contributed by atoms with Crippen LogP contribution < -0.4 is 19.7 Å². The van der Waals surface area contributed by atoms with E-state index in [4.69, 9.17) is 28.3 Å². The van der Waals surface area contributed by atoms with Crippen molar-refractivity contribution in [2.45, 2.75) is 178 Å². The van der Waals surface area contributed by atoms with Gasteiger partial charge >= 0.3 is 13.1 Å². The number of carbonyl (C=O) groups excluding carboxylic acids is 1. The Morgan fingerprint density at radius 1 is 0.441 bits per heavy atom. The van der Waals surface area contributed by atoms with Gasteiger partial charge in [0.05, 0.1) is 16.8 Å². The van der Waals surface area contributed by atoms with Gasteiger partial charge in [-0.15, -0.1) is 0 Å². The summed E-state index contributed by atoms with van der Waals surface area (Å²) in [6.45, 7) is 42.8. The van der Waals surface area contributed by atoms with Crippen LogP contribution in [-0.2, 0) is 30.3 Å². The van der Waals surface area contributed by atoms with Gasteiger partial charge in [-0.3, -0.25) is 0 Å². The molecule has 8 heteroatoms. The van der Waals surface area contributed by atoms with Crippen molar-refractivity contribution in [1.82, 2.24) is 0 Å². The minimum Gasteiger partial charge on any atom is -0.493 e. The van der Waals surface area contributed by atoms with Crippen molar-refractivity contribution in [2.75, 3.05) is 26.4 Å². The maximum atomic E-state index is 14.0. The van der Waals surface area contributed by atoms with Crippen molar-refractivity contribution >= 4 is 18.6 Å². The second-order valence-corrected chi connectivity index (χ2v) is 26.6. The first-order valence-corrected chi connectivity index (χ1v) is 24.9. The summed E-state index contributed by atoms with van der Waals surface area (Å²) in [6, 6.07) is 32.5. The molecule has 7 nitrogen and oxygen atoms in total. The molecule has 1 aliphatic heterocycles. The minimum absolute atomic E-state index is 0.0199. The van der Waals surface area contributed by atoms with E-state index in [0.29, 0.717) is 22.8 Å². The zero-order valence-electron chi connectivity index (χ0n) is 45.6. The maximum absolute atomic E-state index is 14.0. The quantitative estimate of drug-likeness (QED) is 0.0685. The number of ether oxygens (including phenoxy) is 4. The van der Waals surface area contributed by atoms with Crippen LogP contribution in [0.1, 0.15) is 178 Å². The highest BCUT2D eigenvalue weighted by Gasteiger charge is 2.51. The van der Waals surface area contributed by atoms with Crippen LogP contribution in [0.4, 0.5) is 0 Å². The first-order valence-electron chi connectivity index (χ1n) is 24.9. The van der Waals surface area contributed by atoms with Crippen LogP contribution in [-0.4, -0.2) is 50.7 Å². The molecule has 4 aromatic rings. The van der Waals surface area contributed by atoms with Crippen LogP contribution in [0.25, 0.3) is 0 Å². The minimum atomic E-state index is -0.948. The molecule has 0 saturated carbocycles. The SMILES string of the molecule is CC(C)(C)CC(C)(C)c1ccc(OCC(COC(=O)c2ccc(B3OC(C)(C)C(C)(C)O3)cc2)(COc2ccc(C(C)(C)CC(C)(C)C)cc2)COc2ccc(C(C)(C)CC(C)(C)C)cc2)cc1. The van der Waals surface area contributed by atoms with E-state index in [0.717, 1.165) is 24.7 Å². The highest BCUT2D eigenvalue weighted by Crippen LogP contribution is 2.41. The van der Waals surface area contributed by atoms with Crippen LogP contribution in [0.2, 0.25) is 0 Å². The van der Waals surface area contributed by atoms with E-state index in [1.165, 1.54) is 16.7 Å². The lowest BCUT2D eigenvalue weighted by molar-refractivity contribution is -0.0275. The Labute approximate surface area is 412 Å². The van der Waals surface area contributed by atoms with Gasteiger partial charge in [-0.05, 0) is 150 Å². The fourth-order valence-electron chi connectivity index (χ4n) is 10.3. The Hall–Kier alpha value is -4.27. The van der Waals surface area contributed by atoms with E-state index in [9.17, 15) is 4.79 Å². The molecular formula is C60H87BO7. The summed E-state index contributed by atoms with van der Waals surface area (Å²) in [6.07, 6.45) is 3.11. The Morgan fingerprint density at radius 3 is 1.01 bits per heavy atom. The molecule has 372 valence electrons. The van der Waals surface area contributed by atoms with E-state index >= 15 is 0 Å². The van der Waals surface area contributed by atoms with Gasteiger partial charge in [-0.2, -0.15) is 0 Å². The lowest BCUT2D eigenvalue weighted by atomic mass is 9.72. The first-order chi connectivity index (χ1) is 31.1. The first kappa shape index (κ1) is 54.7. The van der Waals surface area contributed by atoms with Gasteiger partial charge in [-0.25, -0.2) is 4.79 Å². The summed E-state index contributed by atoms with van der Waals surface area (Å²) < 4.78 is 38.9. The summed E-state index contributed by atoms with van der Waals surface area (Å²) >= 11 is 0. The standard InChI is InChI=1S/C60H87BO7/c1-52(2,3)36-55(10,11)44-22-30-48(31-23-44)63-39-60(40-64-49-32-24-45(25-33-49)56(12,13)37-53(4,5)6,41-65-50-34-26-46(27-35-50)57(14,15)38-54(7,8)9)42-66-51(62)43-20-28-47(29-21-43)61-67-58(16,17)59(18,19)68-61/h20-35H,36-42H2,1-19H3. The second-order valence-electron chi connectivity index (χ2n) is 26.6. The molecule has 0 unspecified atom stereocenters. The Bertz CT molecular complexity index is 2050. The third kappa shape index (κ3) is 15.1. The highest BCUT2D eigenvalue weighted by molar-refractivity contribution is 6.62. The molecule has 0 radical (unpaired) electrons. The van der Waals surface area contributed by atoms with Gasteiger partial charge in [-0.1, -0.05) is 152 Å². The van der Waals surface area contributed by atoms with Crippen molar-refractivity contribution in [1.29, 1.82) is 0 Å². The van der Waals surface area contributed by atoms with Gasteiger partial charge in [0.2, 0.25) is 0 Å². The zero-order chi connectivity index (χ0) is 50.8. The van der Waals surface area contributed by atoms with Crippen LogP contribution in [0.5, 0.6) is 17.2 Å². The molecular weight excluding hydrogens is 843 g/mol. The van der Waals surface area contributed by atoms with E-state index in [-0.39, 0.29) is 58.9 Å². The summed E-state index contributed by atoms with van der Waals surface area (Å²) in [5.41, 5.74) is 3.56. The van der Waals surface area contributed by atoms with Gasteiger partial charge in [0, 0.05) is 0 Å². The van der Waals surface area contributed by atoms with Gasteiger partial charge in [0.1, 0.15) is 49.1 Å². The van der Waals surface area contributed by atoms with Crippen molar-refractivity contribution in [3.63, 3.8) is 0 Å². The van der Waals surface area contributed by atoms with Gasteiger partial charge in [0.15, 0.2) is 0 Å². The molecule has 0 aromatic heterocycles. The van der Waals surface area contributed by atoms with E-state index < -0.39 is 29.7 Å². The van der Waals surface area contributed by atoms with Crippen LogP contribution in [0.3, 0.4) is 0 Å². The molecule has 0 aliphatic carbocycles. The predicted octanol–water partition coefficient (Wildman–Crippen LogP) is 14.5. The average molecular weight is 931 g/mol. The Morgan fingerprint density at radius 2 is 0.735 bits per heavy atom. The van der Waals surface area contributed by atoms with Crippen LogP contribution in [0, 0.1) is 21.7 Å². The molecule has 1 heterocycles. The monoisotopic (exact) mass is 931 g/mol. The van der Waals surface area contributed by atoms with Crippen LogP contribution in [0.15, 0.2) is 97.1 Å². The molecule has 68 heavy (non-hydrogen) atoms. The highest BCUT2D eigenvalue weighted by atomic mass is 16.7. The summed E-state index contributed by atoms with van der Waals surface area (Å²) in [5.74, 6) is 1.68. The topological polar surface area (TPSA) is 72.5 Å². The maximum Gasteiger partial charge on any atom is 0.494 e. The number of benzene rings is 4. The fraction of sp³-hybridized carbons (Fsp3) is 0.583. The molecule has 0 bridgehead atoms. The van der Waals surface area contributed by atoms with Gasteiger partial charge < -0.3 is 28.3 Å². The molecule has 1 fully saturated rings. The molecule has 1 saturated heterocycles. The van der Waals surface area contributed by atoms with Crippen molar-refractivity contribution < 1.29 is 33.1 Å². The lowest BCUT2D eigenvalue weighted by Crippen LogP contribution is -2.45.